The maximum Gasteiger partial charge on any atom is 0.258 e. The van der Waals surface area contributed by atoms with Gasteiger partial charge in [-0.15, -0.1) is 23.2 Å². The van der Waals surface area contributed by atoms with Crippen LogP contribution in [-0.2, 0) is 19.2 Å². The van der Waals surface area contributed by atoms with E-state index in [0.717, 1.165) is 21.9 Å². The Hall–Kier alpha value is -5.32. The monoisotopic (exact) mass is 752 g/mol. The number of ketones is 1. The summed E-state index contributed by atoms with van der Waals surface area (Å²) in [7, 11) is 0. The lowest BCUT2D eigenvalue weighted by atomic mass is 9.56. The van der Waals surface area contributed by atoms with Crippen LogP contribution in [0.1, 0.15) is 47.2 Å². The first-order chi connectivity index (χ1) is 25.4. The number of anilines is 2. The average Bonchev–Trinajstić information content (AvgIpc) is 3.50. The SMILES string of the molecule is CCOc1cc(C2C3=CCC4C(=O)N(c5ccc(C(=O)c6ccccc6)cc5)C(=O)C4C3CC3(Cl)C(=O)N(c4ccc(F)cc4)C(=O)C23Cl)ccc1O. The van der Waals surface area contributed by atoms with Crippen LogP contribution in [0.3, 0.4) is 0 Å². The zero-order valence-electron chi connectivity index (χ0n) is 28.2. The van der Waals surface area contributed by atoms with E-state index in [2.05, 4.69) is 0 Å². The van der Waals surface area contributed by atoms with E-state index >= 15 is 0 Å². The minimum atomic E-state index is -2.14. The zero-order valence-corrected chi connectivity index (χ0v) is 29.7. The number of hydrogen-bond acceptors (Lipinski definition) is 7. The van der Waals surface area contributed by atoms with Crippen molar-refractivity contribution in [3.05, 3.63) is 131 Å². The lowest BCUT2D eigenvalue weighted by molar-refractivity contribution is -0.125. The summed E-state index contributed by atoms with van der Waals surface area (Å²) in [6.07, 6.45) is 1.69. The second-order valence-electron chi connectivity index (χ2n) is 13.7. The van der Waals surface area contributed by atoms with Crippen molar-refractivity contribution >= 4 is 64.0 Å². The van der Waals surface area contributed by atoms with Crippen molar-refractivity contribution in [2.75, 3.05) is 16.4 Å². The maximum atomic E-state index is 14.6. The van der Waals surface area contributed by atoms with Gasteiger partial charge in [-0.2, -0.15) is 0 Å². The van der Waals surface area contributed by atoms with Gasteiger partial charge in [0.1, 0.15) is 5.82 Å². The van der Waals surface area contributed by atoms with Crippen LogP contribution in [0.5, 0.6) is 11.5 Å². The largest absolute Gasteiger partial charge is 0.504 e. The molecule has 1 saturated carbocycles. The number of imide groups is 2. The molecule has 3 fully saturated rings. The molecule has 4 amide bonds. The number of nitrogens with zero attached hydrogens (tertiary/aromatic N) is 2. The molecular weight excluding hydrogens is 722 g/mol. The molecule has 2 aliphatic heterocycles. The van der Waals surface area contributed by atoms with Gasteiger partial charge in [-0.3, -0.25) is 28.9 Å². The normalized spacial score (nSPS) is 27.7. The highest BCUT2D eigenvalue weighted by Crippen LogP contribution is 2.66. The van der Waals surface area contributed by atoms with Gasteiger partial charge in [0.25, 0.3) is 11.8 Å². The predicted octanol–water partition coefficient (Wildman–Crippen LogP) is 6.93. The summed E-state index contributed by atoms with van der Waals surface area (Å²) in [6, 6.07) is 24.2. The molecule has 9 nitrogen and oxygen atoms in total. The molecule has 4 aromatic rings. The summed E-state index contributed by atoms with van der Waals surface area (Å²) in [5.41, 5.74) is 2.19. The molecule has 2 saturated heterocycles. The topological polar surface area (TPSA) is 121 Å². The number of rotatable bonds is 7. The van der Waals surface area contributed by atoms with Crippen molar-refractivity contribution < 1.29 is 38.2 Å². The van der Waals surface area contributed by atoms with Gasteiger partial charge in [0.15, 0.2) is 27.0 Å². The third-order valence-electron chi connectivity index (χ3n) is 10.9. The van der Waals surface area contributed by atoms with Gasteiger partial charge in [0.05, 0.1) is 29.8 Å². The number of carbonyl (C=O) groups is 5. The smallest absolute Gasteiger partial charge is 0.258 e. The van der Waals surface area contributed by atoms with Crippen molar-refractivity contribution in [1.29, 1.82) is 0 Å². The van der Waals surface area contributed by atoms with Gasteiger partial charge in [0.2, 0.25) is 11.8 Å². The Morgan fingerprint density at radius 3 is 2.15 bits per heavy atom. The van der Waals surface area contributed by atoms with Crippen molar-refractivity contribution in [3.63, 3.8) is 0 Å². The quantitative estimate of drug-likeness (QED) is 0.0941. The molecule has 0 radical (unpaired) electrons. The first kappa shape index (κ1) is 34.7. The maximum absolute atomic E-state index is 14.6. The second-order valence-corrected chi connectivity index (χ2v) is 14.9. The van der Waals surface area contributed by atoms with Crippen LogP contribution in [0.15, 0.2) is 109 Å². The molecule has 4 aliphatic rings. The fourth-order valence-corrected chi connectivity index (χ4v) is 9.46. The Kier molecular flexibility index (Phi) is 8.31. The van der Waals surface area contributed by atoms with Crippen molar-refractivity contribution in [2.24, 2.45) is 17.8 Å². The van der Waals surface area contributed by atoms with E-state index in [9.17, 15) is 33.5 Å². The van der Waals surface area contributed by atoms with Crippen LogP contribution in [0.4, 0.5) is 15.8 Å². The summed E-state index contributed by atoms with van der Waals surface area (Å²) in [6.45, 7) is 1.95. The first-order valence-electron chi connectivity index (χ1n) is 17.2. The number of amides is 4. The summed E-state index contributed by atoms with van der Waals surface area (Å²) in [5, 5.41) is 10.6. The molecule has 6 unspecified atom stereocenters. The molecule has 6 atom stereocenters. The molecule has 0 bridgehead atoms. The van der Waals surface area contributed by atoms with Crippen LogP contribution in [0.2, 0.25) is 0 Å². The van der Waals surface area contributed by atoms with Crippen LogP contribution < -0.4 is 14.5 Å². The fraction of sp³-hybridized carbons (Fsp3) is 0.244. The van der Waals surface area contributed by atoms with E-state index in [4.69, 9.17) is 27.9 Å². The third-order valence-corrected chi connectivity index (χ3v) is 12.3. The van der Waals surface area contributed by atoms with Crippen LogP contribution in [0, 0.1) is 23.6 Å². The van der Waals surface area contributed by atoms with Gasteiger partial charge < -0.3 is 9.84 Å². The average molecular weight is 754 g/mol. The number of phenolic OH excluding ortho intramolecular Hbond substituents is 1. The fourth-order valence-electron chi connectivity index (χ4n) is 8.53. The molecule has 0 spiro atoms. The number of carbonyl (C=O) groups excluding carboxylic acids is 5. The van der Waals surface area contributed by atoms with Crippen molar-refractivity contribution in [1.82, 2.24) is 0 Å². The van der Waals surface area contributed by atoms with Crippen molar-refractivity contribution in [2.45, 2.75) is 35.4 Å². The number of phenols is 1. The molecule has 2 heterocycles. The second kappa shape index (κ2) is 12.7. The van der Waals surface area contributed by atoms with E-state index in [1.807, 2.05) is 6.07 Å². The standard InChI is InChI=1S/C41H31Cl2FN2O7/c1-2-53-32-20-24(10-19-31(32)47)34-28-17-18-29-33(30(28)21-40(42)38(51)46(39(52)41(34,40)43)27-15-11-25(44)12-16-27)37(50)45(36(29)49)26-13-8-23(9-14-26)35(48)22-6-4-3-5-7-22/h3-17,19-20,29-30,33-34,47H,2,18,21H2,1H3. The molecule has 2 aliphatic carbocycles. The molecular formula is C41H31Cl2FN2O7. The lowest BCUT2D eigenvalue weighted by Crippen LogP contribution is -2.60. The molecule has 8 rings (SSSR count). The van der Waals surface area contributed by atoms with Crippen molar-refractivity contribution in [3.8, 4) is 11.5 Å². The Bertz CT molecular complexity index is 2250. The van der Waals surface area contributed by atoms with Crippen LogP contribution >= 0.6 is 23.2 Å². The number of ether oxygens (including phenoxy) is 1. The number of halogens is 3. The van der Waals surface area contributed by atoms with Gasteiger partial charge in [-0.1, -0.05) is 48.0 Å². The van der Waals surface area contributed by atoms with E-state index in [-0.39, 0.29) is 48.1 Å². The van der Waals surface area contributed by atoms with Gasteiger partial charge in [-0.05, 0) is 91.9 Å². The molecule has 53 heavy (non-hydrogen) atoms. The van der Waals surface area contributed by atoms with E-state index in [1.54, 1.807) is 67.6 Å². The summed E-state index contributed by atoms with van der Waals surface area (Å²) >= 11 is 14.9. The van der Waals surface area contributed by atoms with Crippen LogP contribution in [-0.4, -0.2) is 50.9 Å². The summed E-state index contributed by atoms with van der Waals surface area (Å²) in [4.78, 5) is 68.4. The number of alkyl halides is 2. The molecule has 0 aromatic heterocycles. The predicted molar refractivity (Wildman–Crippen MR) is 195 cm³/mol. The Labute approximate surface area is 313 Å². The van der Waals surface area contributed by atoms with Gasteiger partial charge in [0, 0.05) is 17.0 Å². The highest BCUT2D eigenvalue weighted by atomic mass is 35.5. The first-order valence-corrected chi connectivity index (χ1v) is 17.9. The highest BCUT2D eigenvalue weighted by molar-refractivity contribution is 6.58. The number of fused-ring (bicyclic) bond motifs is 4. The molecule has 1 N–H and O–H groups in total. The minimum Gasteiger partial charge on any atom is -0.504 e. The summed E-state index contributed by atoms with van der Waals surface area (Å²) < 4.78 is 19.6. The zero-order chi connectivity index (χ0) is 37.4. The molecule has 268 valence electrons. The Balaban J connectivity index is 1.21. The van der Waals surface area contributed by atoms with Crippen LogP contribution in [0.25, 0.3) is 0 Å². The van der Waals surface area contributed by atoms with E-state index in [0.29, 0.717) is 22.3 Å². The van der Waals surface area contributed by atoms with Gasteiger partial charge >= 0.3 is 0 Å². The number of benzene rings is 4. The number of allylic oxidation sites excluding steroid dienone is 2. The number of aromatic hydroxyl groups is 1. The molecule has 4 aromatic carbocycles. The van der Waals surface area contributed by atoms with Gasteiger partial charge in [-0.25, -0.2) is 9.29 Å². The van der Waals surface area contributed by atoms with E-state index in [1.165, 1.54) is 24.3 Å². The minimum absolute atomic E-state index is 0.0672. The molecule has 12 heteroatoms. The van der Waals surface area contributed by atoms with E-state index < -0.39 is 62.9 Å². The highest BCUT2D eigenvalue weighted by Gasteiger charge is 2.76. The lowest BCUT2D eigenvalue weighted by Gasteiger charge is -2.50. The number of hydrogen-bond donors (Lipinski definition) is 1. The third kappa shape index (κ3) is 5.06. The Morgan fingerprint density at radius 1 is 0.830 bits per heavy atom. The summed E-state index contributed by atoms with van der Waals surface area (Å²) in [5.74, 6) is -7.13. The Morgan fingerprint density at radius 2 is 1.47 bits per heavy atom.